The van der Waals surface area contributed by atoms with Gasteiger partial charge in [-0.05, 0) is 5.56 Å². The second-order valence-electron chi connectivity index (χ2n) is 4.67. The summed E-state index contributed by atoms with van der Waals surface area (Å²) in [5.41, 5.74) is 1.02. The minimum absolute atomic E-state index is 0.0729. The van der Waals surface area contributed by atoms with Crippen molar-refractivity contribution in [1.29, 1.82) is 0 Å². The van der Waals surface area contributed by atoms with Gasteiger partial charge in [-0.25, -0.2) is 0 Å². The molecule has 2 rings (SSSR count). The third-order valence-corrected chi connectivity index (χ3v) is 3.22. The smallest absolute Gasteiger partial charge is 0.228 e. The third kappa shape index (κ3) is 3.54. The molecule has 0 saturated carbocycles. The van der Waals surface area contributed by atoms with E-state index in [4.69, 9.17) is 5.11 Å². The van der Waals surface area contributed by atoms with Crippen LogP contribution in [0.1, 0.15) is 12.0 Å². The first-order chi connectivity index (χ1) is 9.20. The van der Waals surface area contributed by atoms with Crippen LogP contribution in [0.25, 0.3) is 0 Å². The zero-order valence-electron chi connectivity index (χ0n) is 10.7. The van der Waals surface area contributed by atoms with Gasteiger partial charge in [0.15, 0.2) is 0 Å². The molecule has 1 heterocycles. The van der Waals surface area contributed by atoms with Crippen LogP contribution in [0.15, 0.2) is 30.3 Å². The van der Waals surface area contributed by atoms with Crippen molar-refractivity contribution in [2.75, 3.05) is 19.7 Å². The van der Waals surface area contributed by atoms with Crippen LogP contribution >= 0.6 is 0 Å². The summed E-state index contributed by atoms with van der Waals surface area (Å²) in [5, 5.41) is 11.7. The van der Waals surface area contributed by atoms with Crippen molar-refractivity contribution >= 4 is 11.8 Å². The first kappa shape index (κ1) is 13.5. The number of hydrogen-bond donors (Lipinski definition) is 2. The molecule has 1 atom stereocenters. The van der Waals surface area contributed by atoms with Gasteiger partial charge in [0.1, 0.15) is 0 Å². The number of hydrogen-bond acceptors (Lipinski definition) is 3. The van der Waals surface area contributed by atoms with Gasteiger partial charge in [-0.3, -0.25) is 9.59 Å². The van der Waals surface area contributed by atoms with Crippen molar-refractivity contribution in [2.24, 2.45) is 5.92 Å². The van der Waals surface area contributed by atoms with Gasteiger partial charge in [-0.15, -0.1) is 0 Å². The molecule has 0 radical (unpaired) electrons. The Bertz CT molecular complexity index is 447. The number of carbonyl (C=O) groups is 2. The van der Waals surface area contributed by atoms with Crippen molar-refractivity contribution in [2.45, 2.75) is 13.0 Å². The summed E-state index contributed by atoms with van der Waals surface area (Å²) in [7, 11) is 0. The van der Waals surface area contributed by atoms with Crippen LogP contribution in [-0.2, 0) is 16.1 Å². The topological polar surface area (TPSA) is 69.6 Å². The highest BCUT2D eigenvalue weighted by molar-refractivity contribution is 5.89. The van der Waals surface area contributed by atoms with Crippen LogP contribution in [0.4, 0.5) is 0 Å². The van der Waals surface area contributed by atoms with E-state index in [0.717, 1.165) is 5.56 Å². The Morgan fingerprint density at radius 2 is 2.11 bits per heavy atom. The highest BCUT2D eigenvalue weighted by Gasteiger charge is 2.31. The molecule has 1 aromatic carbocycles. The van der Waals surface area contributed by atoms with Crippen LogP contribution in [0, 0.1) is 5.92 Å². The molecule has 0 spiro atoms. The lowest BCUT2D eigenvalue weighted by Gasteiger charge is -2.24. The van der Waals surface area contributed by atoms with Gasteiger partial charge in [0.05, 0.1) is 12.5 Å². The molecule has 2 N–H and O–H groups in total. The number of nitrogens with zero attached hydrogens (tertiary/aromatic N) is 1. The Morgan fingerprint density at radius 1 is 1.37 bits per heavy atom. The van der Waals surface area contributed by atoms with Crippen molar-refractivity contribution < 1.29 is 14.7 Å². The highest BCUT2D eigenvalue weighted by Crippen LogP contribution is 2.15. The van der Waals surface area contributed by atoms with E-state index in [-0.39, 0.29) is 30.8 Å². The van der Waals surface area contributed by atoms with E-state index in [9.17, 15) is 9.59 Å². The number of amides is 2. The van der Waals surface area contributed by atoms with Crippen molar-refractivity contribution in [1.82, 2.24) is 10.2 Å². The Balaban J connectivity index is 2.02. The van der Waals surface area contributed by atoms with Crippen molar-refractivity contribution in [3.8, 4) is 0 Å². The summed E-state index contributed by atoms with van der Waals surface area (Å²) in [4.78, 5) is 25.1. The molecule has 1 fully saturated rings. The molecule has 2 amide bonds. The van der Waals surface area contributed by atoms with E-state index in [2.05, 4.69) is 5.32 Å². The first-order valence-corrected chi connectivity index (χ1v) is 6.41. The Labute approximate surface area is 112 Å². The third-order valence-electron chi connectivity index (χ3n) is 3.22. The quantitative estimate of drug-likeness (QED) is 0.793. The molecule has 1 aromatic rings. The standard InChI is InChI=1S/C14H18N2O3/c17-7-6-16(10-11-4-2-1-3-5-11)14(19)12-8-13(18)15-9-12/h1-5,12,17H,6-10H2,(H,15,18). The lowest BCUT2D eigenvalue weighted by atomic mass is 10.1. The predicted octanol–water partition coefficient (Wildman–Crippen LogP) is 0.144. The number of nitrogens with one attached hydrogen (secondary N) is 1. The minimum atomic E-state index is -0.303. The normalized spacial score (nSPS) is 18.2. The zero-order valence-corrected chi connectivity index (χ0v) is 10.7. The second-order valence-corrected chi connectivity index (χ2v) is 4.67. The maximum absolute atomic E-state index is 12.3. The van der Waals surface area contributed by atoms with E-state index in [1.165, 1.54) is 0 Å². The lowest BCUT2D eigenvalue weighted by molar-refractivity contribution is -0.136. The summed E-state index contributed by atoms with van der Waals surface area (Å²) in [5.74, 6) is -0.457. The summed E-state index contributed by atoms with van der Waals surface area (Å²) < 4.78 is 0. The molecular weight excluding hydrogens is 244 g/mol. The maximum Gasteiger partial charge on any atom is 0.228 e. The largest absolute Gasteiger partial charge is 0.395 e. The fourth-order valence-corrected chi connectivity index (χ4v) is 2.23. The fourth-order valence-electron chi connectivity index (χ4n) is 2.23. The summed E-state index contributed by atoms with van der Waals surface area (Å²) in [6.45, 7) is 1.07. The average molecular weight is 262 g/mol. The lowest BCUT2D eigenvalue weighted by Crippen LogP contribution is -2.38. The molecule has 19 heavy (non-hydrogen) atoms. The van der Waals surface area contributed by atoms with Gasteiger partial charge in [0.2, 0.25) is 11.8 Å². The van der Waals surface area contributed by atoms with E-state index >= 15 is 0 Å². The van der Waals surface area contributed by atoms with Crippen LogP contribution in [0.5, 0.6) is 0 Å². The van der Waals surface area contributed by atoms with Gasteiger partial charge < -0.3 is 15.3 Å². The first-order valence-electron chi connectivity index (χ1n) is 6.41. The van der Waals surface area contributed by atoms with Gasteiger partial charge in [0.25, 0.3) is 0 Å². The Kier molecular flexibility index (Phi) is 4.52. The number of aliphatic hydroxyl groups excluding tert-OH is 1. The van der Waals surface area contributed by atoms with Crippen LogP contribution < -0.4 is 5.32 Å². The monoisotopic (exact) mass is 262 g/mol. The summed E-state index contributed by atoms with van der Waals surface area (Å²) in [6.07, 6.45) is 0.246. The SMILES string of the molecule is O=C1CC(C(=O)N(CCO)Cc2ccccc2)CN1. The number of benzene rings is 1. The zero-order chi connectivity index (χ0) is 13.7. The van der Waals surface area contributed by atoms with E-state index in [1.807, 2.05) is 30.3 Å². The van der Waals surface area contributed by atoms with E-state index in [0.29, 0.717) is 19.6 Å². The van der Waals surface area contributed by atoms with Crippen molar-refractivity contribution in [3.63, 3.8) is 0 Å². The predicted molar refractivity (Wildman–Crippen MR) is 70.1 cm³/mol. The van der Waals surface area contributed by atoms with Crippen LogP contribution in [0.2, 0.25) is 0 Å². The van der Waals surface area contributed by atoms with Gasteiger partial charge >= 0.3 is 0 Å². The number of aliphatic hydroxyl groups is 1. The second kappa shape index (κ2) is 6.33. The average Bonchev–Trinajstić information content (AvgIpc) is 2.85. The summed E-state index contributed by atoms with van der Waals surface area (Å²) in [6, 6.07) is 9.63. The summed E-state index contributed by atoms with van der Waals surface area (Å²) >= 11 is 0. The molecule has 5 heteroatoms. The van der Waals surface area contributed by atoms with Gasteiger partial charge in [-0.2, -0.15) is 0 Å². The van der Waals surface area contributed by atoms with Crippen LogP contribution in [0.3, 0.4) is 0 Å². The maximum atomic E-state index is 12.3. The molecule has 0 bridgehead atoms. The molecule has 0 aliphatic carbocycles. The van der Waals surface area contributed by atoms with E-state index < -0.39 is 0 Å². The molecule has 5 nitrogen and oxygen atoms in total. The minimum Gasteiger partial charge on any atom is -0.395 e. The molecule has 1 aliphatic heterocycles. The highest BCUT2D eigenvalue weighted by atomic mass is 16.3. The van der Waals surface area contributed by atoms with Crippen LogP contribution in [-0.4, -0.2) is 41.5 Å². The molecular formula is C14H18N2O3. The Hall–Kier alpha value is -1.88. The fraction of sp³-hybridized carbons (Fsp3) is 0.429. The molecule has 0 aromatic heterocycles. The molecule has 1 unspecified atom stereocenters. The van der Waals surface area contributed by atoms with Crippen molar-refractivity contribution in [3.05, 3.63) is 35.9 Å². The molecule has 102 valence electrons. The van der Waals surface area contributed by atoms with Gasteiger partial charge in [0, 0.05) is 26.1 Å². The number of carbonyl (C=O) groups excluding carboxylic acids is 2. The molecule has 1 aliphatic rings. The Morgan fingerprint density at radius 3 is 2.68 bits per heavy atom. The number of rotatable bonds is 5. The molecule has 1 saturated heterocycles. The van der Waals surface area contributed by atoms with E-state index in [1.54, 1.807) is 4.90 Å². The van der Waals surface area contributed by atoms with Gasteiger partial charge in [-0.1, -0.05) is 30.3 Å².